The number of methoxy groups -OCH3 is 1. The molecule has 3 amide bonds. The molecule has 2 aromatic rings. The number of carbonyl (C=O) groups is 3. The molecule has 152 valence electrons. The van der Waals surface area contributed by atoms with E-state index in [1.54, 1.807) is 48.2 Å². The molecule has 7 heteroatoms. The summed E-state index contributed by atoms with van der Waals surface area (Å²) in [4.78, 5) is 38.5. The predicted molar refractivity (Wildman–Crippen MR) is 111 cm³/mol. The molecule has 1 atom stereocenters. The Kier molecular flexibility index (Phi) is 6.16. The van der Waals surface area contributed by atoms with Gasteiger partial charge in [0, 0.05) is 30.3 Å². The van der Waals surface area contributed by atoms with Crippen LogP contribution >= 0.6 is 0 Å². The van der Waals surface area contributed by atoms with Crippen LogP contribution in [0.3, 0.4) is 0 Å². The molecule has 3 rings (SSSR count). The molecule has 1 aliphatic rings. The summed E-state index contributed by atoms with van der Waals surface area (Å²) in [5, 5.41) is 5.48. The van der Waals surface area contributed by atoms with Crippen LogP contribution in [0.5, 0.6) is 5.75 Å². The van der Waals surface area contributed by atoms with Crippen LogP contribution in [0.25, 0.3) is 0 Å². The van der Waals surface area contributed by atoms with Crippen molar-refractivity contribution in [2.45, 2.75) is 32.7 Å². The van der Waals surface area contributed by atoms with E-state index in [-0.39, 0.29) is 17.7 Å². The maximum absolute atomic E-state index is 12.5. The van der Waals surface area contributed by atoms with Gasteiger partial charge in [0.1, 0.15) is 11.8 Å². The lowest BCUT2D eigenvalue weighted by Gasteiger charge is -2.20. The molecule has 1 saturated heterocycles. The molecule has 2 N–H and O–H groups in total. The quantitative estimate of drug-likeness (QED) is 0.787. The van der Waals surface area contributed by atoms with Crippen molar-refractivity contribution >= 4 is 29.1 Å². The zero-order valence-electron chi connectivity index (χ0n) is 16.8. The van der Waals surface area contributed by atoms with Gasteiger partial charge in [0.15, 0.2) is 0 Å². The first kappa shape index (κ1) is 20.4. The van der Waals surface area contributed by atoms with Gasteiger partial charge in [-0.05, 0) is 44.5 Å². The normalized spacial score (nSPS) is 14.4. The molecule has 0 bridgehead atoms. The highest BCUT2D eigenvalue weighted by Crippen LogP contribution is 2.33. The first-order valence-electron chi connectivity index (χ1n) is 9.56. The third-order valence-corrected chi connectivity index (χ3v) is 4.83. The molecular formula is C22H25N3O4. The van der Waals surface area contributed by atoms with Gasteiger partial charge in [-0.25, -0.2) is 0 Å². The second kappa shape index (κ2) is 8.77. The van der Waals surface area contributed by atoms with Crippen LogP contribution in [0, 0.1) is 6.92 Å². The third-order valence-electron chi connectivity index (χ3n) is 4.83. The molecule has 0 spiro atoms. The van der Waals surface area contributed by atoms with E-state index >= 15 is 0 Å². The summed E-state index contributed by atoms with van der Waals surface area (Å²) in [5.74, 6) is -0.0862. The molecular weight excluding hydrogens is 370 g/mol. The van der Waals surface area contributed by atoms with E-state index in [0.717, 1.165) is 12.0 Å². The zero-order chi connectivity index (χ0) is 21.0. The van der Waals surface area contributed by atoms with Crippen molar-refractivity contribution in [3.05, 3.63) is 53.6 Å². The van der Waals surface area contributed by atoms with Crippen molar-refractivity contribution in [2.75, 3.05) is 23.9 Å². The highest BCUT2D eigenvalue weighted by atomic mass is 16.5. The van der Waals surface area contributed by atoms with E-state index in [1.807, 2.05) is 13.0 Å². The van der Waals surface area contributed by atoms with Gasteiger partial charge in [-0.15, -0.1) is 0 Å². The number of amides is 3. The summed E-state index contributed by atoms with van der Waals surface area (Å²) in [6, 6.07) is 11.6. The van der Waals surface area contributed by atoms with E-state index in [0.29, 0.717) is 35.7 Å². The van der Waals surface area contributed by atoms with Crippen molar-refractivity contribution in [1.29, 1.82) is 0 Å². The van der Waals surface area contributed by atoms with Crippen molar-refractivity contribution in [3.8, 4) is 5.75 Å². The third kappa shape index (κ3) is 4.74. The molecule has 0 radical (unpaired) electrons. The summed E-state index contributed by atoms with van der Waals surface area (Å²) in [5.41, 5.74) is 2.69. The Labute approximate surface area is 170 Å². The molecule has 2 aromatic carbocycles. The minimum absolute atomic E-state index is 0.0626. The lowest BCUT2D eigenvalue weighted by Crippen LogP contribution is -2.41. The lowest BCUT2D eigenvalue weighted by molar-refractivity contribution is -0.118. The van der Waals surface area contributed by atoms with E-state index < -0.39 is 6.04 Å². The fourth-order valence-corrected chi connectivity index (χ4v) is 3.26. The minimum Gasteiger partial charge on any atom is -0.494 e. The first-order valence-corrected chi connectivity index (χ1v) is 9.56. The van der Waals surface area contributed by atoms with Gasteiger partial charge in [-0.1, -0.05) is 17.7 Å². The van der Waals surface area contributed by atoms with Crippen LogP contribution in [0.2, 0.25) is 0 Å². The Bertz CT molecular complexity index is 941. The first-order chi connectivity index (χ1) is 13.9. The monoisotopic (exact) mass is 395 g/mol. The number of carbonyl (C=O) groups excluding carboxylic acids is 3. The van der Waals surface area contributed by atoms with Crippen molar-refractivity contribution < 1.29 is 19.1 Å². The lowest BCUT2D eigenvalue weighted by atomic mass is 10.1. The maximum Gasteiger partial charge on any atom is 0.251 e. The fraction of sp³-hybridized carbons (Fsp3) is 0.318. The number of hydrogen-bond acceptors (Lipinski definition) is 4. The van der Waals surface area contributed by atoms with Crippen molar-refractivity contribution in [2.24, 2.45) is 0 Å². The number of nitrogens with zero attached hydrogens (tertiary/aromatic N) is 1. The van der Waals surface area contributed by atoms with Gasteiger partial charge in [0.2, 0.25) is 11.8 Å². The van der Waals surface area contributed by atoms with Crippen LogP contribution in [0.15, 0.2) is 42.5 Å². The minimum atomic E-state index is -0.728. The largest absolute Gasteiger partial charge is 0.494 e. The Morgan fingerprint density at radius 2 is 1.97 bits per heavy atom. The Balaban J connectivity index is 1.66. The zero-order valence-corrected chi connectivity index (χ0v) is 16.8. The SMILES string of the molecule is COc1cc(NC(=O)[C@H](C)NC(=O)c2cccc(C)c2)ccc1N1CCCC1=O. The summed E-state index contributed by atoms with van der Waals surface area (Å²) in [6.07, 6.45) is 1.35. The highest BCUT2D eigenvalue weighted by molar-refractivity contribution is 6.01. The second-order valence-electron chi connectivity index (χ2n) is 7.09. The van der Waals surface area contributed by atoms with Crippen LogP contribution in [0.1, 0.15) is 35.7 Å². The Morgan fingerprint density at radius 1 is 1.17 bits per heavy atom. The second-order valence-corrected chi connectivity index (χ2v) is 7.09. The number of ether oxygens (including phenoxy) is 1. The summed E-state index contributed by atoms with van der Waals surface area (Å²) in [6.45, 7) is 4.18. The molecule has 0 aliphatic carbocycles. The Morgan fingerprint density at radius 3 is 2.62 bits per heavy atom. The Hall–Kier alpha value is -3.35. The molecule has 1 heterocycles. The number of benzene rings is 2. The maximum atomic E-state index is 12.5. The average molecular weight is 395 g/mol. The molecule has 29 heavy (non-hydrogen) atoms. The highest BCUT2D eigenvalue weighted by Gasteiger charge is 2.25. The van der Waals surface area contributed by atoms with Crippen LogP contribution in [-0.2, 0) is 9.59 Å². The molecule has 0 saturated carbocycles. The molecule has 1 aliphatic heterocycles. The van der Waals surface area contributed by atoms with E-state index in [9.17, 15) is 14.4 Å². The molecule has 7 nitrogen and oxygen atoms in total. The van der Waals surface area contributed by atoms with Crippen LogP contribution < -0.4 is 20.3 Å². The number of nitrogens with one attached hydrogen (secondary N) is 2. The van der Waals surface area contributed by atoms with Gasteiger partial charge >= 0.3 is 0 Å². The average Bonchev–Trinajstić information content (AvgIpc) is 3.13. The van der Waals surface area contributed by atoms with Gasteiger partial charge < -0.3 is 20.3 Å². The fourth-order valence-electron chi connectivity index (χ4n) is 3.26. The van der Waals surface area contributed by atoms with E-state index in [1.165, 1.54) is 7.11 Å². The number of aryl methyl sites for hydroxylation is 1. The van der Waals surface area contributed by atoms with Gasteiger partial charge in [-0.2, -0.15) is 0 Å². The summed E-state index contributed by atoms with van der Waals surface area (Å²) >= 11 is 0. The van der Waals surface area contributed by atoms with Crippen LogP contribution in [0.4, 0.5) is 11.4 Å². The molecule has 0 aromatic heterocycles. The van der Waals surface area contributed by atoms with Crippen LogP contribution in [-0.4, -0.2) is 37.4 Å². The smallest absolute Gasteiger partial charge is 0.251 e. The molecule has 1 fully saturated rings. The van der Waals surface area contributed by atoms with E-state index in [2.05, 4.69) is 10.6 Å². The predicted octanol–water partition coefficient (Wildman–Crippen LogP) is 2.89. The standard InChI is InChI=1S/C22H25N3O4/c1-14-6-4-7-16(12-14)22(28)23-15(2)21(27)24-17-9-10-18(19(13-17)29-3)25-11-5-8-20(25)26/h4,6-7,9-10,12-13,15H,5,8,11H2,1-3H3,(H,23,28)(H,24,27)/t15-/m0/s1. The molecule has 0 unspecified atom stereocenters. The summed E-state index contributed by atoms with van der Waals surface area (Å²) in [7, 11) is 1.52. The van der Waals surface area contributed by atoms with Gasteiger partial charge in [0.05, 0.1) is 12.8 Å². The number of anilines is 2. The van der Waals surface area contributed by atoms with Crippen molar-refractivity contribution in [1.82, 2.24) is 5.32 Å². The van der Waals surface area contributed by atoms with E-state index in [4.69, 9.17) is 4.74 Å². The van der Waals surface area contributed by atoms with Crippen molar-refractivity contribution in [3.63, 3.8) is 0 Å². The topological polar surface area (TPSA) is 87.7 Å². The number of hydrogen-bond donors (Lipinski definition) is 2. The number of rotatable bonds is 6. The summed E-state index contributed by atoms with van der Waals surface area (Å²) < 4.78 is 5.41. The van der Waals surface area contributed by atoms with Gasteiger partial charge in [0.25, 0.3) is 5.91 Å². The van der Waals surface area contributed by atoms with Gasteiger partial charge in [-0.3, -0.25) is 14.4 Å².